The maximum atomic E-state index is 13.3. The Hall–Kier alpha value is -0.890. The molecule has 100 valence electrons. The van der Waals surface area contributed by atoms with Crippen molar-refractivity contribution in [2.75, 3.05) is 14.1 Å². The largest absolute Gasteiger partial charge is 0.364 e. The first-order chi connectivity index (χ1) is 8.27. The van der Waals surface area contributed by atoms with E-state index in [1.165, 1.54) is 4.90 Å². The Morgan fingerprint density at radius 3 is 1.72 bits per heavy atom. The van der Waals surface area contributed by atoms with E-state index in [1.54, 1.807) is 14.1 Å². The highest BCUT2D eigenvalue weighted by atomic mass is 32.2. The second-order valence-electron chi connectivity index (χ2n) is 3.50. The molecule has 0 aliphatic carbocycles. The van der Waals surface area contributed by atoms with E-state index in [2.05, 4.69) is 0 Å². The lowest BCUT2D eigenvalue weighted by Crippen LogP contribution is -2.16. The van der Waals surface area contributed by atoms with Crippen LogP contribution in [0.5, 0.6) is 0 Å². The molecule has 0 N–H and O–H groups in total. The van der Waals surface area contributed by atoms with Crippen molar-refractivity contribution in [2.45, 2.75) is 5.75 Å². The smallest absolute Gasteiger partial charge is 0.200 e. The number of thiocarbonyl (C=S) groups is 1. The van der Waals surface area contributed by atoms with Crippen molar-refractivity contribution in [2.24, 2.45) is 0 Å². The highest BCUT2D eigenvalue weighted by Gasteiger charge is 2.25. The molecule has 0 aliphatic rings. The van der Waals surface area contributed by atoms with Crippen LogP contribution in [-0.4, -0.2) is 23.3 Å². The normalized spacial score (nSPS) is 10.6. The average Bonchev–Trinajstić information content (AvgIpc) is 2.33. The Morgan fingerprint density at radius 2 is 1.33 bits per heavy atom. The first-order valence-electron chi connectivity index (χ1n) is 4.61. The minimum atomic E-state index is -2.16. The van der Waals surface area contributed by atoms with E-state index in [0.717, 1.165) is 11.8 Å². The Kier molecular flexibility index (Phi) is 4.92. The average molecular weight is 301 g/mol. The number of benzene rings is 1. The molecule has 0 unspecified atom stereocenters. The van der Waals surface area contributed by atoms with Crippen molar-refractivity contribution in [3.8, 4) is 0 Å². The summed E-state index contributed by atoms with van der Waals surface area (Å²) in [5.74, 6) is -10.1. The minimum Gasteiger partial charge on any atom is -0.364 e. The van der Waals surface area contributed by atoms with Crippen LogP contribution in [0.2, 0.25) is 0 Å². The highest BCUT2D eigenvalue weighted by molar-refractivity contribution is 8.22. The Labute approximate surface area is 110 Å². The zero-order valence-electron chi connectivity index (χ0n) is 9.36. The van der Waals surface area contributed by atoms with Crippen LogP contribution >= 0.6 is 24.0 Å². The molecule has 1 nitrogen and oxygen atoms in total. The monoisotopic (exact) mass is 301 g/mol. The van der Waals surface area contributed by atoms with Gasteiger partial charge in [0.2, 0.25) is 5.82 Å². The summed E-state index contributed by atoms with van der Waals surface area (Å²) in [5, 5.41) is 0. The van der Waals surface area contributed by atoms with Gasteiger partial charge in [0, 0.05) is 25.4 Å². The van der Waals surface area contributed by atoms with E-state index < -0.39 is 40.4 Å². The lowest BCUT2D eigenvalue weighted by atomic mass is 10.2. The van der Waals surface area contributed by atoms with Gasteiger partial charge in [-0.25, -0.2) is 22.0 Å². The van der Waals surface area contributed by atoms with Crippen LogP contribution < -0.4 is 0 Å². The summed E-state index contributed by atoms with van der Waals surface area (Å²) < 4.78 is 65.3. The summed E-state index contributed by atoms with van der Waals surface area (Å²) in [6, 6.07) is 0. The third-order valence-corrected chi connectivity index (χ3v) is 3.77. The van der Waals surface area contributed by atoms with Crippen LogP contribution in [0.25, 0.3) is 0 Å². The van der Waals surface area contributed by atoms with Gasteiger partial charge in [-0.2, -0.15) is 0 Å². The van der Waals surface area contributed by atoms with Gasteiger partial charge in [0.15, 0.2) is 23.3 Å². The zero-order valence-corrected chi connectivity index (χ0v) is 11.0. The van der Waals surface area contributed by atoms with Gasteiger partial charge in [0.25, 0.3) is 0 Å². The van der Waals surface area contributed by atoms with Crippen LogP contribution in [0.15, 0.2) is 0 Å². The molecule has 0 bridgehead atoms. The number of halogens is 5. The van der Waals surface area contributed by atoms with E-state index in [4.69, 9.17) is 12.2 Å². The van der Waals surface area contributed by atoms with Crippen molar-refractivity contribution in [1.29, 1.82) is 0 Å². The molecule has 0 aromatic heterocycles. The second kappa shape index (κ2) is 5.83. The van der Waals surface area contributed by atoms with E-state index in [-0.39, 0.29) is 4.32 Å². The van der Waals surface area contributed by atoms with Gasteiger partial charge >= 0.3 is 0 Å². The summed E-state index contributed by atoms with van der Waals surface area (Å²) in [5.41, 5.74) is -0.874. The zero-order chi connectivity index (χ0) is 14.0. The van der Waals surface area contributed by atoms with Gasteiger partial charge in [-0.05, 0) is 0 Å². The quantitative estimate of drug-likeness (QED) is 0.356. The van der Waals surface area contributed by atoms with Crippen LogP contribution in [0.4, 0.5) is 22.0 Å². The molecule has 1 aromatic carbocycles. The molecule has 1 aromatic rings. The number of nitrogens with zero attached hydrogens (tertiary/aromatic N) is 1. The molecule has 1 rings (SSSR count). The molecule has 0 spiro atoms. The highest BCUT2D eigenvalue weighted by Crippen LogP contribution is 2.26. The molecule has 0 heterocycles. The van der Waals surface area contributed by atoms with Gasteiger partial charge < -0.3 is 4.90 Å². The van der Waals surface area contributed by atoms with Crippen molar-refractivity contribution in [1.82, 2.24) is 4.90 Å². The van der Waals surface area contributed by atoms with E-state index in [1.807, 2.05) is 0 Å². The molecule has 0 atom stereocenters. The summed E-state index contributed by atoms with van der Waals surface area (Å²) in [7, 11) is 3.21. The fourth-order valence-corrected chi connectivity index (χ4v) is 2.00. The van der Waals surface area contributed by atoms with E-state index in [0.29, 0.717) is 0 Å². The second-order valence-corrected chi connectivity index (χ2v) is 5.11. The van der Waals surface area contributed by atoms with Crippen LogP contribution in [0.1, 0.15) is 5.56 Å². The summed E-state index contributed by atoms with van der Waals surface area (Å²) in [4.78, 5) is 1.49. The van der Waals surface area contributed by atoms with Crippen molar-refractivity contribution in [3.05, 3.63) is 34.6 Å². The lowest BCUT2D eigenvalue weighted by Gasteiger charge is -2.13. The molecule has 0 amide bonds. The van der Waals surface area contributed by atoms with Crippen molar-refractivity contribution >= 4 is 28.3 Å². The SMILES string of the molecule is CN(C)C(=S)SCc1c(F)c(F)c(F)c(F)c1F. The minimum absolute atomic E-state index is 0.277. The lowest BCUT2D eigenvalue weighted by molar-refractivity contribution is 0.372. The van der Waals surface area contributed by atoms with Gasteiger partial charge in [0.1, 0.15) is 4.32 Å². The summed E-state index contributed by atoms with van der Waals surface area (Å²) >= 11 is 5.65. The number of hydrogen-bond acceptors (Lipinski definition) is 2. The Bertz CT molecular complexity index is 461. The molecule has 0 radical (unpaired) electrons. The summed E-state index contributed by atoms with van der Waals surface area (Å²) in [6.07, 6.45) is 0. The van der Waals surface area contributed by atoms with Crippen LogP contribution in [0.3, 0.4) is 0 Å². The summed E-state index contributed by atoms with van der Waals surface area (Å²) in [6.45, 7) is 0. The van der Waals surface area contributed by atoms with E-state index in [9.17, 15) is 22.0 Å². The topological polar surface area (TPSA) is 3.24 Å². The maximum absolute atomic E-state index is 13.3. The molecule has 18 heavy (non-hydrogen) atoms. The van der Waals surface area contributed by atoms with Crippen LogP contribution in [0, 0.1) is 29.1 Å². The number of hydrogen-bond donors (Lipinski definition) is 0. The first-order valence-corrected chi connectivity index (χ1v) is 6.01. The van der Waals surface area contributed by atoms with Gasteiger partial charge in [-0.3, -0.25) is 0 Å². The van der Waals surface area contributed by atoms with Crippen molar-refractivity contribution in [3.63, 3.8) is 0 Å². The Balaban J connectivity index is 3.07. The standard InChI is InChI=1S/C10H8F5NS2/c1-16(2)10(17)18-3-4-5(11)7(13)9(15)8(14)6(4)12/h3H2,1-2H3. The molecule has 0 aliphatic heterocycles. The van der Waals surface area contributed by atoms with Crippen molar-refractivity contribution < 1.29 is 22.0 Å². The molecule has 8 heteroatoms. The Morgan fingerprint density at radius 1 is 0.944 bits per heavy atom. The number of thioether (sulfide) groups is 1. The molecular weight excluding hydrogens is 293 g/mol. The molecule has 0 fully saturated rings. The van der Waals surface area contributed by atoms with Gasteiger partial charge in [0.05, 0.1) is 0 Å². The molecule has 0 saturated carbocycles. The fraction of sp³-hybridized carbons (Fsp3) is 0.300. The molecule has 0 saturated heterocycles. The predicted octanol–water partition coefficient (Wildman–Crippen LogP) is 3.46. The first kappa shape index (κ1) is 15.2. The van der Waals surface area contributed by atoms with Gasteiger partial charge in [-0.1, -0.05) is 24.0 Å². The van der Waals surface area contributed by atoms with E-state index >= 15 is 0 Å². The maximum Gasteiger partial charge on any atom is 0.200 e. The third kappa shape index (κ3) is 2.92. The molecular formula is C10H8F5NS2. The predicted molar refractivity (Wildman–Crippen MR) is 63.8 cm³/mol. The van der Waals surface area contributed by atoms with Gasteiger partial charge in [-0.15, -0.1) is 0 Å². The van der Waals surface area contributed by atoms with Crippen LogP contribution in [-0.2, 0) is 5.75 Å². The number of rotatable bonds is 2. The third-order valence-electron chi connectivity index (χ3n) is 2.01. The fourth-order valence-electron chi connectivity index (χ4n) is 1.04.